The summed E-state index contributed by atoms with van der Waals surface area (Å²) in [6, 6.07) is 13.4. The number of sulfonamides is 2. The smallest absolute Gasteiger partial charge is 0.243 e. The maximum absolute atomic E-state index is 13.0. The lowest BCUT2D eigenvalue weighted by atomic mass is 10.2. The third-order valence-corrected chi connectivity index (χ3v) is 8.06. The zero-order chi connectivity index (χ0) is 19.8. The summed E-state index contributed by atoms with van der Waals surface area (Å²) < 4.78 is 52.3. The molecule has 0 spiro atoms. The van der Waals surface area contributed by atoms with E-state index in [1.165, 1.54) is 29.6 Å². The number of hydrogen-bond donors (Lipinski definition) is 0. The number of anilines is 1. The molecule has 1 aliphatic rings. The van der Waals surface area contributed by atoms with Crippen LogP contribution in [0.2, 0.25) is 0 Å². The minimum absolute atomic E-state index is 0.0201. The fourth-order valence-corrected chi connectivity index (χ4v) is 5.81. The van der Waals surface area contributed by atoms with Crippen molar-refractivity contribution in [2.24, 2.45) is 0 Å². The van der Waals surface area contributed by atoms with Gasteiger partial charge in [-0.3, -0.25) is 4.79 Å². The molecule has 1 heterocycles. The largest absolute Gasteiger partial charge is 0.273 e. The summed E-state index contributed by atoms with van der Waals surface area (Å²) in [4.78, 5) is 12.0. The zero-order valence-corrected chi connectivity index (χ0v) is 16.6. The van der Waals surface area contributed by atoms with Crippen LogP contribution in [0.4, 0.5) is 5.69 Å². The molecule has 0 unspecified atom stereocenters. The highest BCUT2D eigenvalue weighted by Crippen LogP contribution is 2.30. The first-order valence-corrected chi connectivity index (χ1v) is 11.3. The van der Waals surface area contributed by atoms with Crippen molar-refractivity contribution in [3.05, 3.63) is 59.7 Å². The first kappa shape index (κ1) is 19.5. The second kappa shape index (κ2) is 7.06. The molecule has 0 saturated carbocycles. The van der Waals surface area contributed by atoms with Gasteiger partial charge in [0.05, 0.1) is 16.3 Å². The van der Waals surface area contributed by atoms with Crippen molar-refractivity contribution < 1.29 is 21.6 Å². The van der Waals surface area contributed by atoms with Crippen LogP contribution in [0.1, 0.15) is 17.5 Å². The van der Waals surface area contributed by atoms with Crippen molar-refractivity contribution in [3.8, 4) is 0 Å². The van der Waals surface area contributed by atoms with E-state index in [4.69, 9.17) is 0 Å². The minimum Gasteiger partial charge on any atom is -0.273 e. The van der Waals surface area contributed by atoms with Crippen molar-refractivity contribution in [3.63, 3.8) is 0 Å². The molecule has 1 saturated heterocycles. The molecule has 3 rings (SSSR count). The van der Waals surface area contributed by atoms with Gasteiger partial charge in [-0.05, 0) is 30.2 Å². The predicted molar refractivity (Wildman–Crippen MR) is 102 cm³/mol. The summed E-state index contributed by atoms with van der Waals surface area (Å²) in [5.74, 6) is -0.824. The van der Waals surface area contributed by atoms with E-state index in [-0.39, 0.29) is 29.3 Å². The third-order valence-electron chi connectivity index (χ3n) is 4.42. The normalized spacial score (nSPS) is 16.9. The Morgan fingerprint density at radius 3 is 2.37 bits per heavy atom. The summed E-state index contributed by atoms with van der Waals surface area (Å²) in [7, 11) is -6.17. The van der Waals surface area contributed by atoms with Gasteiger partial charge in [0.25, 0.3) is 0 Å². The number of hydrogen-bond acceptors (Lipinski definition) is 5. The Labute approximate surface area is 159 Å². The molecule has 9 heteroatoms. The first-order chi connectivity index (χ1) is 12.6. The minimum atomic E-state index is -3.87. The standard InChI is InChI=1S/C18H20N2O5S2/c1-14-8-9-16(20-18(21)10-11-26(20,22)23)12-17(14)27(24,25)19(2)13-15-6-4-3-5-7-15/h3-9,12H,10-11,13H2,1-2H3. The molecule has 7 nitrogen and oxygen atoms in total. The summed E-state index contributed by atoms with van der Waals surface area (Å²) in [6.45, 7) is 1.81. The van der Waals surface area contributed by atoms with Gasteiger partial charge in [0.1, 0.15) is 0 Å². The SMILES string of the molecule is Cc1ccc(N2C(=O)CCS2(=O)=O)cc1S(=O)(=O)N(C)Cc1ccccc1. The summed E-state index contributed by atoms with van der Waals surface area (Å²) in [5.41, 5.74) is 1.35. The van der Waals surface area contributed by atoms with Gasteiger partial charge in [0.2, 0.25) is 26.0 Å². The lowest BCUT2D eigenvalue weighted by Crippen LogP contribution is -2.30. The number of carbonyl (C=O) groups is 1. The molecular formula is C18H20N2O5S2. The Kier molecular flexibility index (Phi) is 5.11. The molecule has 144 valence electrons. The van der Waals surface area contributed by atoms with E-state index in [2.05, 4.69) is 0 Å². The molecule has 0 N–H and O–H groups in total. The number of benzene rings is 2. The van der Waals surface area contributed by atoms with Gasteiger partial charge in [-0.2, -0.15) is 4.31 Å². The lowest BCUT2D eigenvalue weighted by molar-refractivity contribution is -0.116. The third kappa shape index (κ3) is 3.76. The highest BCUT2D eigenvalue weighted by atomic mass is 32.2. The Hall–Kier alpha value is -2.23. The van der Waals surface area contributed by atoms with E-state index in [9.17, 15) is 21.6 Å². The summed E-state index contributed by atoms with van der Waals surface area (Å²) >= 11 is 0. The fourth-order valence-electron chi connectivity index (χ4n) is 2.96. The van der Waals surface area contributed by atoms with Gasteiger partial charge < -0.3 is 0 Å². The second-order valence-electron chi connectivity index (χ2n) is 6.42. The van der Waals surface area contributed by atoms with Gasteiger partial charge in [-0.25, -0.2) is 21.1 Å². The molecule has 0 atom stereocenters. The molecule has 1 amide bonds. The molecule has 0 bridgehead atoms. The zero-order valence-electron chi connectivity index (χ0n) is 15.0. The van der Waals surface area contributed by atoms with E-state index in [0.717, 1.165) is 5.56 Å². The first-order valence-electron chi connectivity index (χ1n) is 8.30. The van der Waals surface area contributed by atoms with Gasteiger partial charge in [-0.1, -0.05) is 36.4 Å². The molecule has 0 radical (unpaired) electrons. The molecule has 2 aromatic carbocycles. The molecule has 0 aliphatic carbocycles. The van der Waals surface area contributed by atoms with Crippen LogP contribution >= 0.6 is 0 Å². The van der Waals surface area contributed by atoms with Crippen LogP contribution in [0.25, 0.3) is 0 Å². The number of nitrogens with zero attached hydrogens (tertiary/aromatic N) is 2. The highest BCUT2D eigenvalue weighted by Gasteiger charge is 2.37. The van der Waals surface area contributed by atoms with Gasteiger partial charge in [0.15, 0.2) is 0 Å². The van der Waals surface area contributed by atoms with Crippen LogP contribution < -0.4 is 4.31 Å². The Morgan fingerprint density at radius 1 is 1.11 bits per heavy atom. The van der Waals surface area contributed by atoms with Crippen molar-refractivity contribution in [1.82, 2.24) is 4.31 Å². The Bertz CT molecular complexity index is 1080. The average Bonchev–Trinajstić information content (AvgIpc) is 2.89. The van der Waals surface area contributed by atoms with Crippen LogP contribution in [-0.2, 0) is 31.4 Å². The van der Waals surface area contributed by atoms with Crippen molar-refractivity contribution in [1.29, 1.82) is 0 Å². The molecule has 1 aliphatic heterocycles. The van der Waals surface area contributed by atoms with E-state index >= 15 is 0 Å². The number of amides is 1. The maximum atomic E-state index is 13.0. The maximum Gasteiger partial charge on any atom is 0.243 e. The topological polar surface area (TPSA) is 91.8 Å². The van der Waals surface area contributed by atoms with Crippen LogP contribution in [-0.4, -0.2) is 39.8 Å². The van der Waals surface area contributed by atoms with E-state index < -0.39 is 26.0 Å². The fraction of sp³-hybridized carbons (Fsp3) is 0.278. The number of rotatable bonds is 5. The van der Waals surface area contributed by atoms with Crippen LogP contribution in [0.15, 0.2) is 53.4 Å². The summed E-state index contributed by atoms with van der Waals surface area (Å²) in [5, 5.41) is 0. The number of aryl methyl sites for hydroxylation is 1. The molecule has 27 heavy (non-hydrogen) atoms. The molecule has 0 aromatic heterocycles. The quantitative estimate of drug-likeness (QED) is 0.753. The molecule has 2 aromatic rings. The predicted octanol–water partition coefficient (Wildman–Crippen LogP) is 1.88. The van der Waals surface area contributed by atoms with Crippen molar-refractivity contribution in [2.45, 2.75) is 24.8 Å². The summed E-state index contributed by atoms with van der Waals surface area (Å²) in [6.07, 6.45) is -0.105. The van der Waals surface area contributed by atoms with E-state index in [0.29, 0.717) is 9.87 Å². The Morgan fingerprint density at radius 2 is 1.78 bits per heavy atom. The van der Waals surface area contributed by atoms with Crippen LogP contribution in [0.3, 0.4) is 0 Å². The van der Waals surface area contributed by atoms with E-state index in [1.807, 2.05) is 30.3 Å². The average molecular weight is 409 g/mol. The highest BCUT2D eigenvalue weighted by molar-refractivity contribution is 7.94. The Balaban J connectivity index is 1.99. The number of carbonyl (C=O) groups excluding carboxylic acids is 1. The van der Waals surface area contributed by atoms with Crippen molar-refractivity contribution >= 4 is 31.6 Å². The van der Waals surface area contributed by atoms with Gasteiger partial charge in [0, 0.05) is 20.0 Å². The van der Waals surface area contributed by atoms with E-state index in [1.54, 1.807) is 6.92 Å². The molecular weight excluding hydrogens is 388 g/mol. The van der Waals surface area contributed by atoms with Crippen LogP contribution in [0, 0.1) is 6.92 Å². The van der Waals surface area contributed by atoms with Gasteiger partial charge >= 0.3 is 0 Å². The van der Waals surface area contributed by atoms with Crippen molar-refractivity contribution in [2.75, 3.05) is 17.1 Å². The lowest BCUT2D eigenvalue weighted by Gasteiger charge is -2.21. The monoisotopic (exact) mass is 408 g/mol. The second-order valence-corrected chi connectivity index (χ2v) is 10.4. The van der Waals surface area contributed by atoms with Crippen LogP contribution in [0.5, 0.6) is 0 Å². The van der Waals surface area contributed by atoms with Gasteiger partial charge in [-0.15, -0.1) is 0 Å². The molecule has 1 fully saturated rings.